The van der Waals surface area contributed by atoms with Gasteiger partial charge in [-0.3, -0.25) is 9.59 Å². The lowest BCUT2D eigenvalue weighted by Gasteiger charge is -2.07. The minimum atomic E-state index is -0.672. The Morgan fingerprint density at radius 1 is 1.43 bits per heavy atom. The third kappa shape index (κ3) is 4.49. The average Bonchev–Trinajstić information content (AvgIpc) is 2.93. The zero-order valence-electron chi connectivity index (χ0n) is 10.5. The molecule has 1 N–H and O–H groups in total. The van der Waals surface area contributed by atoms with Crippen LogP contribution in [0, 0.1) is 5.82 Å². The van der Waals surface area contributed by atoms with Crippen LogP contribution >= 0.6 is 11.6 Å². The molecule has 1 aromatic carbocycles. The number of benzene rings is 1. The Morgan fingerprint density at radius 2 is 2.24 bits per heavy atom. The number of halogens is 2. The topological polar surface area (TPSA) is 99.0 Å². The highest BCUT2D eigenvalue weighted by atomic mass is 35.5. The molecule has 2 aromatic rings. The number of rotatable bonds is 5. The molecular formula is C11H9ClFN5O3. The summed E-state index contributed by atoms with van der Waals surface area (Å²) in [4.78, 5) is 22.9. The van der Waals surface area contributed by atoms with Crippen LogP contribution in [-0.4, -0.2) is 38.7 Å². The van der Waals surface area contributed by atoms with Crippen LogP contribution in [0.25, 0.3) is 0 Å². The van der Waals surface area contributed by atoms with E-state index in [4.69, 9.17) is 16.3 Å². The van der Waals surface area contributed by atoms with E-state index in [2.05, 4.69) is 20.8 Å². The van der Waals surface area contributed by atoms with Crippen LogP contribution in [0.1, 0.15) is 0 Å². The highest BCUT2D eigenvalue weighted by Crippen LogP contribution is 2.19. The number of carbonyl (C=O) groups is 2. The summed E-state index contributed by atoms with van der Waals surface area (Å²) in [5.41, 5.74) is 0.294. The van der Waals surface area contributed by atoms with Gasteiger partial charge in [-0.05, 0) is 28.6 Å². The fourth-order valence-corrected chi connectivity index (χ4v) is 1.53. The van der Waals surface area contributed by atoms with Crippen molar-refractivity contribution in [3.8, 4) is 0 Å². The fraction of sp³-hybridized carbons (Fsp3) is 0.182. The van der Waals surface area contributed by atoms with E-state index in [0.717, 1.165) is 10.7 Å². The van der Waals surface area contributed by atoms with Crippen molar-refractivity contribution in [1.82, 2.24) is 20.2 Å². The first-order valence-corrected chi connectivity index (χ1v) is 6.03. The van der Waals surface area contributed by atoms with E-state index in [1.165, 1.54) is 18.5 Å². The van der Waals surface area contributed by atoms with Crippen molar-refractivity contribution < 1.29 is 18.7 Å². The maximum Gasteiger partial charge on any atom is 0.328 e. The van der Waals surface area contributed by atoms with Crippen molar-refractivity contribution >= 4 is 29.2 Å². The predicted molar refractivity (Wildman–Crippen MR) is 68.8 cm³/mol. The standard InChI is InChI=1S/C11H9ClFN5O3/c12-8-3-7(1-2-9(8)13)15-10(19)5-21-11(20)4-18-6-14-16-17-18/h1-3,6H,4-5H2,(H,15,19). The number of anilines is 1. The Hall–Kier alpha value is -2.55. The molecule has 110 valence electrons. The molecule has 0 saturated heterocycles. The number of hydrogen-bond acceptors (Lipinski definition) is 6. The van der Waals surface area contributed by atoms with Crippen molar-refractivity contribution in [3.05, 3.63) is 35.4 Å². The number of aromatic nitrogens is 4. The number of carbonyl (C=O) groups excluding carboxylic acids is 2. The Labute approximate surface area is 122 Å². The zero-order valence-corrected chi connectivity index (χ0v) is 11.2. The maximum absolute atomic E-state index is 12.9. The van der Waals surface area contributed by atoms with Crippen LogP contribution in [0.15, 0.2) is 24.5 Å². The van der Waals surface area contributed by atoms with Gasteiger partial charge < -0.3 is 10.1 Å². The van der Waals surface area contributed by atoms with Crippen molar-refractivity contribution in [2.75, 3.05) is 11.9 Å². The van der Waals surface area contributed by atoms with E-state index >= 15 is 0 Å². The van der Waals surface area contributed by atoms with Crippen molar-refractivity contribution in [3.63, 3.8) is 0 Å². The van der Waals surface area contributed by atoms with Gasteiger partial charge in [-0.25, -0.2) is 9.07 Å². The Kier molecular flexibility index (Phi) is 4.77. The molecule has 0 radical (unpaired) electrons. The highest BCUT2D eigenvalue weighted by Gasteiger charge is 2.10. The van der Waals surface area contributed by atoms with E-state index in [1.54, 1.807) is 0 Å². The monoisotopic (exact) mass is 313 g/mol. The number of esters is 1. The number of nitrogens with one attached hydrogen (secondary N) is 1. The summed E-state index contributed by atoms with van der Waals surface area (Å²) in [5.74, 6) is -1.85. The fourth-order valence-electron chi connectivity index (χ4n) is 1.35. The van der Waals surface area contributed by atoms with E-state index in [1.807, 2.05) is 0 Å². The second kappa shape index (κ2) is 6.75. The summed E-state index contributed by atoms with van der Waals surface area (Å²) in [6, 6.07) is 3.70. The predicted octanol–water partition coefficient (Wildman–Crippen LogP) is 0.647. The van der Waals surface area contributed by atoms with E-state index in [0.29, 0.717) is 5.69 Å². The molecule has 10 heteroatoms. The number of tetrazole rings is 1. The summed E-state index contributed by atoms with van der Waals surface area (Å²) < 4.78 is 18.8. The first-order chi connectivity index (χ1) is 10.0. The van der Waals surface area contributed by atoms with Crippen LogP contribution in [0.2, 0.25) is 5.02 Å². The van der Waals surface area contributed by atoms with Crippen LogP contribution in [0.3, 0.4) is 0 Å². The first-order valence-electron chi connectivity index (χ1n) is 5.66. The summed E-state index contributed by atoms with van der Waals surface area (Å²) in [6.07, 6.45) is 1.24. The number of hydrogen-bond donors (Lipinski definition) is 1. The molecule has 2 rings (SSSR count). The molecular weight excluding hydrogens is 305 g/mol. The average molecular weight is 314 g/mol. The molecule has 0 bridgehead atoms. The molecule has 0 aliphatic heterocycles. The quantitative estimate of drug-likeness (QED) is 0.814. The lowest BCUT2D eigenvalue weighted by atomic mass is 10.3. The lowest BCUT2D eigenvalue weighted by molar-refractivity contribution is -0.148. The lowest BCUT2D eigenvalue weighted by Crippen LogP contribution is -2.23. The normalized spacial score (nSPS) is 10.2. The molecule has 1 heterocycles. The minimum absolute atomic E-state index is 0.122. The second-order valence-electron chi connectivity index (χ2n) is 3.85. The van der Waals surface area contributed by atoms with Crippen LogP contribution in [0.5, 0.6) is 0 Å². The zero-order chi connectivity index (χ0) is 15.2. The molecule has 0 fully saturated rings. The molecule has 0 aliphatic carbocycles. The smallest absolute Gasteiger partial charge is 0.328 e. The molecule has 21 heavy (non-hydrogen) atoms. The molecule has 0 spiro atoms. The largest absolute Gasteiger partial charge is 0.454 e. The van der Waals surface area contributed by atoms with E-state index in [-0.39, 0.29) is 11.6 Å². The summed E-state index contributed by atoms with van der Waals surface area (Å²) in [7, 11) is 0. The number of amides is 1. The molecule has 0 unspecified atom stereocenters. The summed E-state index contributed by atoms with van der Waals surface area (Å²) in [6.45, 7) is -0.696. The van der Waals surface area contributed by atoms with Gasteiger partial charge in [-0.2, -0.15) is 0 Å². The summed E-state index contributed by atoms with van der Waals surface area (Å²) >= 11 is 5.57. The Morgan fingerprint density at radius 3 is 2.90 bits per heavy atom. The third-order valence-corrected chi connectivity index (χ3v) is 2.54. The molecule has 0 atom stereocenters. The molecule has 1 aromatic heterocycles. The van der Waals surface area contributed by atoms with Gasteiger partial charge in [0.1, 0.15) is 18.7 Å². The van der Waals surface area contributed by atoms with Crippen LogP contribution < -0.4 is 5.32 Å². The molecule has 0 saturated carbocycles. The van der Waals surface area contributed by atoms with Gasteiger partial charge in [-0.15, -0.1) is 5.10 Å². The van der Waals surface area contributed by atoms with Crippen molar-refractivity contribution in [2.24, 2.45) is 0 Å². The Bertz CT molecular complexity index is 649. The molecule has 1 amide bonds. The first kappa shape index (κ1) is 14.9. The van der Waals surface area contributed by atoms with Gasteiger partial charge in [0.25, 0.3) is 5.91 Å². The van der Waals surface area contributed by atoms with Gasteiger partial charge in [0.2, 0.25) is 0 Å². The van der Waals surface area contributed by atoms with Gasteiger partial charge in [-0.1, -0.05) is 11.6 Å². The maximum atomic E-state index is 12.9. The SMILES string of the molecule is O=C(COC(=O)Cn1cnnn1)Nc1ccc(F)c(Cl)c1. The number of ether oxygens (including phenoxy) is 1. The third-order valence-electron chi connectivity index (χ3n) is 2.25. The Balaban J connectivity index is 1.79. The minimum Gasteiger partial charge on any atom is -0.454 e. The van der Waals surface area contributed by atoms with E-state index < -0.39 is 24.3 Å². The van der Waals surface area contributed by atoms with Gasteiger partial charge in [0, 0.05) is 5.69 Å². The van der Waals surface area contributed by atoms with Gasteiger partial charge >= 0.3 is 5.97 Å². The molecule has 0 aliphatic rings. The van der Waals surface area contributed by atoms with Crippen LogP contribution in [0.4, 0.5) is 10.1 Å². The molecule has 8 nitrogen and oxygen atoms in total. The second-order valence-corrected chi connectivity index (χ2v) is 4.25. The van der Waals surface area contributed by atoms with Gasteiger partial charge in [0.15, 0.2) is 6.61 Å². The van der Waals surface area contributed by atoms with E-state index in [9.17, 15) is 14.0 Å². The summed E-state index contributed by atoms with van der Waals surface area (Å²) in [5, 5.41) is 12.4. The highest BCUT2D eigenvalue weighted by molar-refractivity contribution is 6.31. The van der Waals surface area contributed by atoms with Crippen molar-refractivity contribution in [1.29, 1.82) is 0 Å². The van der Waals surface area contributed by atoms with Crippen molar-refractivity contribution in [2.45, 2.75) is 6.54 Å². The number of nitrogens with zero attached hydrogens (tertiary/aromatic N) is 4. The van der Waals surface area contributed by atoms with Crippen LogP contribution in [-0.2, 0) is 20.9 Å². The van der Waals surface area contributed by atoms with Gasteiger partial charge in [0.05, 0.1) is 5.02 Å².